The normalized spacial score (nSPS) is 12.7. The van der Waals surface area contributed by atoms with Crippen LogP contribution >= 0.6 is 0 Å². The number of para-hydroxylation sites is 2. The SMILES string of the molecule is Cc1ccc(C[C@@H](CNC(=O)c2cccnn2)n2c(=NC(=O)OC(C)(C)C)n(Cc3ccc(C)cc3)c3ccccc32)cc1. The summed E-state index contributed by atoms with van der Waals surface area (Å²) in [4.78, 5) is 31.0. The molecular weight excluding hydrogens is 552 g/mol. The summed E-state index contributed by atoms with van der Waals surface area (Å²) >= 11 is 0. The zero-order valence-electron chi connectivity index (χ0n) is 25.8. The molecule has 0 aliphatic heterocycles. The van der Waals surface area contributed by atoms with Crippen LogP contribution in [0, 0.1) is 13.8 Å². The van der Waals surface area contributed by atoms with Crippen molar-refractivity contribution in [2.75, 3.05) is 6.54 Å². The lowest BCUT2D eigenvalue weighted by atomic mass is 10.0. The van der Waals surface area contributed by atoms with Gasteiger partial charge in [0.25, 0.3) is 5.91 Å². The Labute approximate surface area is 257 Å². The van der Waals surface area contributed by atoms with Crippen molar-refractivity contribution in [3.05, 3.63) is 125 Å². The van der Waals surface area contributed by atoms with E-state index in [4.69, 9.17) is 4.74 Å². The summed E-state index contributed by atoms with van der Waals surface area (Å²) < 4.78 is 9.75. The molecule has 0 saturated heterocycles. The Bertz CT molecular complexity index is 1820. The third kappa shape index (κ3) is 7.47. The van der Waals surface area contributed by atoms with Gasteiger partial charge in [-0.25, -0.2) is 4.79 Å². The van der Waals surface area contributed by atoms with Gasteiger partial charge in [0.05, 0.1) is 23.6 Å². The molecule has 0 spiro atoms. The number of ether oxygens (including phenoxy) is 1. The number of imidazole rings is 1. The number of nitrogens with one attached hydrogen (secondary N) is 1. The van der Waals surface area contributed by atoms with E-state index in [1.165, 1.54) is 6.20 Å². The first-order valence-electron chi connectivity index (χ1n) is 14.7. The van der Waals surface area contributed by atoms with Gasteiger partial charge in [0.1, 0.15) is 5.60 Å². The monoisotopic (exact) mass is 590 g/mol. The van der Waals surface area contributed by atoms with Crippen LogP contribution in [0.3, 0.4) is 0 Å². The molecule has 0 aliphatic carbocycles. The zero-order chi connectivity index (χ0) is 31.3. The van der Waals surface area contributed by atoms with Gasteiger partial charge in [0.2, 0.25) is 5.62 Å². The molecule has 0 bridgehead atoms. The van der Waals surface area contributed by atoms with Crippen molar-refractivity contribution in [1.29, 1.82) is 0 Å². The number of hydrogen-bond donors (Lipinski definition) is 1. The Balaban J connectivity index is 1.68. The molecule has 2 heterocycles. The number of benzene rings is 3. The van der Waals surface area contributed by atoms with Crippen LogP contribution in [-0.4, -0.2) is 43.5 Å². The van der Waals surface area contributed by atoms with E-state index < -0.39 is 11.7 Å². The van der Waals surface area contributed by atoms with E-state index in [1.807, 2.05) is 61.1 Å². The van der Waals surface area contributed by atoms with Crippen LogP contribution in [0.25, 0.3) is 11.0 Å². The third-order valence-electron chi connectivity index (χ3n) is 7.20. The summed E-state index contributed by atoms with van der Waals surface area (Å²) in [7, 11) is 0. The largest absolute Gasteiger partial charge is 0.442 e. The maximum atomic E-state index is 13.3. The molecule has 1 atom stereocenters. The second-order valence-corrected chi connectivity index (χ2v) is 12.0. The van der Waals surface area contributed by atoms with E-state index >= 15 is 0 Å². The molecule has 3 aromatic carbocycles. The van der Waals surface area contributed by atoms with Crippen LogP contribution in [0.4, 0.5) is 4.79 Å². The molecule has 9 nitrogen and oxygen atoms in total. The average molecular weight is 591 g/mol. The Hall–Kier alpha value is -5.05. The number of rotatable bonds is 8. The second kappa shape index (κ2) is 13.1. The van der Waals surface area contributed by atoms with Gasteiger partial charge in [-0.3, -0.25) is 4.79 Å². The van der Waals surface area contributed by atoms with Crippen LogP contribution < -0.4 is 10.9 Å². The molecule has 0 radical (unpaired) electrons. The minimum Gasteiger partial charge on any atom is -0.442 e. The lowest BCUT2D eigenvalue weighted by Gasteiger charge is -2.21. The molecule has 44 heavy (non-hydrogen) atoms. The first-order chi connectivity index (χ1) is 21.1. The van der Waals surface area contributed by atoms with Crippen molar-refractivity contribution < 1.29 is 14.3 Å². The summed E-state index contributed by atoms with van der Waals surface area (Å²) in [5.41, 5.74) is 6.21. The van der Waals surface area contributed by atoms with E-state index in [0.29, 0.717) is 18.6 Å². The van der Waals surface area contributed by atoms with Crippen molar-refractivity contribution in [3.8, 4) is 0 Å². The number of fused-ring (bicyclic) bond motifs is 1. The standard InChI is InChI=1S/C35H38N6O3/c1-24-12-16-26(17-13-24)21-28(22-36-32(42)29-9-8-20-37-39-29)41-31-11-7-6-10-30(31)40(23-27-18-14-25(2)15-19-27)33(41)38-34(43)44-35(3,4)5/h6-20,28H,21-23H2,1-5H3,(H,36,42)/t28-/m0/s1. The quantitative estimate of drug-likeness (QED) is 0.241. The minimum absolute atomic E-state index is 0.229. The molecule has 2 amide bonds. The Kier molecular flexibility index (Phi) is 9.04. The highest BCUT2D eigenvalue weighted by Gasteiger charge is 2.24. The molecule has 0 saturated carbocycles. The molecule has 0 fully saturated rings. The number of nitrogens with zero attached hydrogens (tertiary/aromatic N) is 5. The Morgan fingerprint density at radius 3 is 2.11 bits per heavy atom. The van der Waals surface area contributed by atoms with Gasteiger partial charge in [0, 0.05) is 12.7 Å². The van der Waals surface area contributed by atoms with Gasteiger partial charge >= 0.3 is 6.09 Å². The van der Waals surface area contributed by atoms with Crippen molar-refractivity contribution in [2.24, 2.45) is 4.99 Å². The molecule has 0 unspecified atom stereocenters. The van der Waals surface area contributed by atoms with E-state index in [-0.39, 0.29) is 24.2 Å². The summed E-state index contributed by atoms with van der Waals surface area (Å²) in [5, 5.41) is 10.9. The van der Waals surface area contributed by atoms with Crippen LogP contribution in [0.15, 0.2) is 96.1 Å². The van der Waals surface area contributed by atoms with Gasteiger partial charge in [-0.1, -0.05) is 71.8 Å². The number of amides is 2. The maximum Gasteiger partial charge on any atom is 0.437 e. The van der Waals surface area contributed by atoms with Gasteiger partial charge < -0.3 is 19.2 Å². The molecule has 5 rings (SSSR count). The molecule has 2 aromatic heterocycles. The molecule has 5 aromatic rings. The van der Waals surface area contributed by atoms with Crippen LogP contribution in [-0.2, 0) is 17.7 Å². The summed E-state index contributed by atoms with van der Waals surface area (Å²) in [5.74, 6) is -0.332. The summed E-state index contributed by atoms with van der Waals surface area (Å²) in [6, 6.07) is 27.6. The van der Waals surface area contributed by atoms with Crippen LogP contribution in [0.1, 0.15) is 59.6 Å². The Morgan fingerprint density at radius 1 is 0.864 bits per heavy atom. The number of carbonyl (C=O) groups is 2. The fourth-order valence-electron chi connectivity index (χ4n) is 5.09. The van der Waals surface area contributed by atoms with E-state index in [0.717, 1.165) is 33.3 Å². The predicted octanol–water partition coefficient (Wildman–Crippen LogP) is 5.95. The molecule has 226 valence electrons. The summed E-state index contributed by atoms with van der Waals surface area (Å²) in [6.07, 6.45) is 1.42. The van der Waals surface area contributed by atoms with Crippen molar-refractivity contribution >= 4 is 23.0 Å². The van der Waals surface area contributed by atoms with E-state index in [2.05, 4.69) is 76.0 Å². The molecule has 0 aliphatic rings. The number of aryl methyl sites for hydroxylation is 2. The lowest BCUT2D eigenvalue weighted by molar-refractivity contribution is 0.0592. The number of carbonyl (C=O) groups excluding carboxylic acids is 2. The van der Waals surface area contributed by atoms with E-state index in [9.17, 15) is 9.59 Å². The molecule has 1 N–H and O–H groups in total. The maximum absolute atomic E-state index is 13.3. The van der Waals surface area contributed by atoms with E-state index in [1.54, 1.807) is 12.1 Å². The van der Waals surface area contributed by atoms with Gasteiger partial charge in [-0.2, -0.15) is 5.10 Å². The van der Waals surface area contributed by atoms with Gasteiger partial charge in [0.15, 0.2) is 5.69 Å². The van der Waals surface area contributed by atoms with Crippen molar-refractivity contribution in [2.45, 2.75) is 59.2 Å². The van der Waals surface area contributed by atoms with Crippen LogP contribution in [0.5, 0.6) is 0 Å². The summed E-state index contributed by atoms with van der Waals surface area (Å²) in [6.45, 7) is 10.3. The van der Waals surface area contributed by atoms with Crippen LogP contribution in [0.2, 0.25) is 0 Å². The zero-order valence-corrected chi connectivity index (χ0v) is 25.8. The Morgan fingerprint density at radius 2 is 1.50 bits per heavy atom. The highest BCUT2D eigenvalue weighted by atomic mass is 16.6. The molecule has 9 heteroatoms. The lowest BCUT2D eigenvalue weighted by Crippen LogP contribution is -2.38. The smallest absolute Gasteiger partial charge is 0.437 e. The predicted molar refractivity (Wildman–Crippen MR) is 170 cm³/mol. The molecular formula is C35H38N6O3. The average Bonchev–Trinajstić information content (AvgIpc) is 3.29. The second-order valence-electron chi connectivity index (χ2n) is 12.0. The fourth-order valence-corrected chi connectivity index (χ4v) is 5.09. The third-order valence-corrected chi connectivity index (χ3v) is 7.20. The van der Waals surface area contributed by atoms with Gasteiger partial charge in [-0.05, 0) is 76.4 Å². The number of aromatic nitrogens is 4. The fraction of sp³-hybridized carbons (Fsp3) is 0.286. The first kappa shape index (κ1) is 30.4. The van der Waals surface area contributed by atoms with Gasteiger partial charge in [-0.15, -0.1) is 10.1 Å². The highest BCUT2D eigenvalue weighted by molar-refractivity contribution is 5.92. The number of hydrogen-bond acceptors (Lipinski definition) is 5. The topological polar surface area (TPSA) is 103 Å². The minimum atomic E-state index is -0.717. The first-order valence-corrected chi connectivity index (χ1v) is 14.7. The van der Waals surface area contributed by atoms with Crippen molar-refractivity contribution in [3.63, 3.8) is 0 Å². The van der Waals surface area contributed by atoms with Crippen molar-refractivity contribution in [1.82, 2.24) is 24.6 Å². The highest BCUT2D eigenvalue weighted by Crippen LogP contribution is 2.22.